The molecule has 0 spiro atoms. The minimum Gasteiger partial charge on any atom is -0.254 e. The van der Waals surface area contributed by atoms with Gasteiger partial charge in [-0.25, -0.2) is 4.98 Å². The zero-order chi connectivity index (χ0) is 12.3. The van der Waals surface area contributed by atoms with Crippen molar-refractivity contribution in [3.8, 4) is 16.8 Å². The van der Waals surface area contributed by atoms with E-state index >= 15 is 0 Å². The van der Waals surface area contributed by atoms with Gasteiger partial charge in [0.25, 0.3) is 0 Å². The SMILES string of the molecule is CC(C)c1nc(-c2ccccn2)sc1CC#N. The molecule has 0 bridgehead atoms. The lowest BCUT2D eigenvalue weighted by atomic mass is 10.1. The molecule has 0 saturated carbocycles. The molecule has 4 heteroatoms. The number of nitriles is 1. The summed E-state index contributed by atoms with van der Waals surface area (Å²) in [5.41, 5.74) is 1.90. The van der Waals surface area contributed by atoms with E-state index in [0.717, 1.165) is 21.3 Å². The van der Waals surface area contributed by atoms with Crippen LogP contribution in [0.4, 0.5) is 0 Å². The van der Waals surface area contributed by atoms with Crippen LogP contribution in [0.5, 0.6) is 0 Å². The molecule has 2 heterocycles. The molecular weight excluding hydrogens is 230 g/mol. The molecule has 0 atom stereocenters. The van der Waals surface area contributed by atoms with Gasteiger partial charge in [0.2, 0.25) is 0 Å². The maximum Gasteiger partial charge on any atom is 0.142 e. The first-order valence-corrected chi connectivity index (χ1v) is 6.32. The van der Waals surface area contributed by atoms with Crippen molar-refractivity contribution in [2.45, 2.75) is 26.2 Å². The van der Waals surface area contributed by atoms with Crippen LogP contribution >= 0.6 is 11.3 Å². The van der Waals surface area contributed by atoms with Crippen LogP contribution in [0.2, 0.25) is 0 Å². The van der Waals surface area contributed by atoms with Crippen molar-refractivity contribution in [1.82, 2.24) is 9.97 Å². The second-order valence-electron chi connectivity index (χ2n) is 4.03. The van der Waals surface area contributed by atoms with Crippen LogP contribution in [0.25, 0.3) is 10.7 Å². The predicted molar refractivity (Wildman–Crippen MR) is 68.8 cm³/mol. The van der Waals surface area contributed by atoms with E-state index in [2.05, 4.69) is 29.9 Å². The van der Waals surface area contributed by atoms with E-state index in [4.69, 9.17) is 5.26 Å². The van der Waals surface area contributed by atoms with Crippen molar-refractivity contribution < 1.29 is 0 Å². The summed E-state index contributed by atoms with van der Waals surface area (Å²) < 4.78 is 0. The van der Waals surface area contributed by atoms with Gasteiger partial charge < -0.3 is 0 Å². The lowest BCUT2D eigenvalue weighted by Gasteiger charge is -2.00. The minimum absolute atomic E-state index is 0.340. The Bertz CT molecular complexity index is 538. The Labute approximate surface area is 105 Å². The van der Waals surface area contributed by atoms with Gasteiger partial charge in [0.05, 0.1) is 23.9 Å². The Hall–Kier alpha value is -1.73. The van der Waals surface area contributed by atoms with Crippen LogP contribution in [0.3, 0.4) is 0 Å². The topological polar surface area (TPSA) is 49.6 Å². The van der Waals surface area contributed by atoms with Gasteiger partial charge in [0, 0.05) is 11.1 Å². The maximum absolute atomic E-state index is 8.82. The van der Waals surface area contributed by atoms with E-state index in [1.807, 2.05) is 18.2 Å². The van der Waals surface area contributed by atoms with Crippen LogP contribution in [0.15, 0.2) is 24.4 Å². The molecule has 2 aromatic heterocycles. The number of hydrogen-bond donors (Lipinski definition) is 0. The summed E-state index contributed by atoms with van der Waals surface area (Å²) in [5, 5.41) is 9.72. The lowest BCUT2D eigenvalue weighted by Crippen LogP contribution is -1.92. The molecule has 3 nitrogen and oxygen atoms in total. The molecule has 0 fully saturated rings. The molecule has 2 rings (SSSR count). The second kappa shape index (κ2) is 5.07. The van der Waals surface area contributed by atoms with E-state index in [1.165, 1.54) is 0 Å². The first kappa shape index (κ1) is 11.7. The summed E-state index contributed by atoms with van der Waals surface area (Å²) in [6.07, 6.45) is 2.19. The fraction of sp³-hybridized carbons (Fsp3) is 0.308. The highest BCUT2D eigenvalue weighted by Crippen LogP contribution is 2.30. The van der Waals surface area contributed by atoms with E-state index in [0.29, 0.717) is 12.3 Å². The van der Waals surface area contributed by atoms with Gasteiger partial charge in [-0.2, -0.15) is 5.26 Å². The average molecular weight is 243 g/mol. The number of aromatic nitrogens is 2. The molecule has 0 N–H and O–H groups in total. The Morgan fingerprint density at radius 3 is 2.82 bits per heavy atom. The third-order valence-corrected chi connectivity index (χ3v) is 3.49. The molecule has 86 valence electrons. The number of rotatable bonds is 3. The highest BCUT2D eigenvalue weighted by Gasteiger charge is 2.15. The molecule has 0 aliphatic heterocycles. The fourth-order valence-corrected chi connectivity index (χ4v) is 2.74. The molecule has 0 saturated heterocycles. The first-order chi connectivity index (χ1) is 8.22. The smallest absolute Gasteiger partial charge is 0.142 e. The van der Waals surface area contributed by atoms with Gasteiger partial charge in [-0.15, -0.1) is 11.3 Å². The third-order valence-electron chi connectivity index (χ3n) is 2.40. The normalized spacial score (nSPS) is 10.5. The number of hydrogen-bond acceptors (Lipinski definition) is 4. The summed E-state index contributed by atoms with van der Waals surface area (Å²) >= 11 is 1.57. The van der Waals surface area contributed by atoms with Crippen molar-refractivity contribution in [2.24, 2.45) is 0 Å². The van der Waals surface area contributed by atoms with Crippen molar-refractivity contribution in [2.75, 3.05) is 0 Å². The van der Waals surface area contributed by atoms with Crippen LogP contribution in [-0.2, 0) is 6.42 Å². The van der Waals surface area contributed by atoms with Gasteiger partial charge in [0.1, 0.15) is 5.01 Å². The van der Waals surface area contributed by atoms with Gasteiger partial charge in [0.15, 0.2) is 0 Å². The van der Waals surface area contributed by atoms with Crippen LogP contribution in [0.1, 0.15) is 30.3 Å². The molecule has 0 aliphatic carbocycles. The van der Waals surface area contributed by atoms with Crippen LogP contribution in [-0.4, -0.2) is 9.97 Å². The summed E-state index contributed by atoms with van der Waals surface area (Å²) in [6, 6.07) is 7.97. The van der Waals surface area contributed by atoms with Gasteiger partial charge in [-0.3, -0.25) is 4.98 Å². The van der Waals surface area contributed by atoms with Gasteiger partial charge >= 0.3 is 0 Å². The third kappa shape index (κ3) is 2.51. The zero-order valence-corrected chi connectivity index (χ0v) is 10.7. The highest BCUT2D eigenvalue weighted by molar-refractivity contribution is 7.15. The Kier molecular flexibility index (Phi) is 3.50. The fourth-order valence-electron chi connectivity index (χ4n) is 1.61. The quantitative estimate of drug-likeness (QED) is 0.830. The minimum atomic E-state index is 0.340. The molecule has 0 amide bonds. The maximum atomic E-state index is 8.82. The van der Waals surface area contributed by atoms with Crippen LogP contribution in [0, 0.1) is 11.3 Å². The predicted octanol–water partition coefficient (Wildman–Crippen LogP) is 3.39. The molecule has 0 unspecified atom stereocenters. The Morgan fingerprint density at radius 1 is 1.41 bits per heavy atom. The molecular formula is C13H13N3S. The number of thiazole rings is 1. The highest BCUT2D eigenvalue weighted by atomic mass is 32.1. The standard InChI is InChI=1S/C13H13N3S/c1-9(2)12-11(6-7-14)17-13(16-12)10-5-3-4-8-15-10/h3-5,8-9H,6H2,1-2H3. The van der Waals surface area contributed by atoms with Crippen molar-refractivity contribution >= 4 is 11.3 Å². The largest absolute Gasteiger partial charge is 0.254 e. The molecule has 0 aliphatic rings. The van der Waals surface area contributed by atoms with Crippen molar-refractivity contribution in [1.29, 1.82) is 5.26 Å². The van der Waals surface area contributed by atoms with E-state index in [1.54, 1.807) is 17.5 Å². The number of pyridine rings is 1. The van der Waals surface area contributed by atoms with Crippen LogP contribution < -0.4 is 0 Å². The average Bonchev–Trinajstić information content (AvgIpc) is 2.75. The van der Waals surface area contributed by atoms with E-state index in [9.17, 15) is 0 Å². The monoisotopic (exact) mass is 243 g/mol. The molecule has 0 radical (unpaired) electrons. The van der Waals surface area contributed by atoms with E-state index < -0.39 is 0 Å². The van der Waals surface area contributed by atoms with Gasteiger partial charge in [-0.05, 0) is 18.1 Å². The summed E-state index contributed by atoms with van der Waals surface area (Å²) in [4.78, 5) is 9.95. The van der Waals surface area contributed by atoms with Crippen molar-refractivity contribution in [3.05, 3.63) is 35.0 Å². The lowest BCUT2D eigenvalue weighted by molar-refractivity contribution is 0.821. The number of nitrogens with zero attached hydrogens (tertiary/aromatic N) is 3. The summed E-state index contributed by atoms with van der Waals surface area (Å²) in [7, 11) is 0. The Balaban J connectivity index is 2.44. The van der Waals surface area contributed by atoms with E-state index in [-0.39, 0.29) is 0 Å². The van der Waals surface area contributed by atoms with Crippen molar-refractivity contribution in [3.63, 3.8) is 0 Å². The second-order valence-corrected chi connectivity index (χ2v) is 5.12. The molecule has 0 aromatic carbocycles. The zero-order valence-electron chi connectivity index (χ0n) is 9.84. The summed E-state index contributed by atoms with van der Waals surface area (Å²) in [6.45, 7) is 4.19. The first-order valence-electron chi connectivity index (χ1n) is 5.50. The molecule has 2 aromatic rings. The molecule has 17 heavy (non-hydrogen) atoms. The Morgan fingerprint density at radius 2 is 2.24 bits per heavy atom. The van der Waals surface area contributed by atoms with Gasteiger partial charge in [-0.1, -0.05) is 19.9 Å². The summed E-state index contributed by atoms with van der Waals surface area (Å²) in [5.74, 6) is 0.340.